The summed E-state index contributed by atoms with van der Waals surface area (Å²) in [6, 6.07) is 22.1. The molecule has 0 bridgehead atoms. The van der Waals surface area contributed by atoms with E-state index >= 15 is 0 Å². The summed E-state index contributed by atoms with van der Waals surface area (Å²) in [5.74, 6) is 1.97. The van der Waals surface area contributed by atoms with E-state index in [4.69, 9.17) is 0 Å². The zero-order chi connectivity index (χ0) is 21.8. The second-order valence-electron chi connectivity index (χ2n) is 7.30. The molecular weight excluding hydrogens is 438 g/mol. The Hall–Kier alpha value is -3.10. The second-order valence-corrected chi connectivity index (χ2v) is 9.38. The summed E-state index contributed by atoms with van der Waals surface area (Å²) in [4.78, 5) is 18.3. The third-order valence-electron chi connectivity index (χ3n) is 5.19. The van der Waals surface area contributed by atoms with Gasteiger partial charge in [-0.15, -0.1) is 22.0 Å². The summed E-state index contributed by atoms with van der Waals surface area (Å²) in [7, 11) is 0. The van der Waals surface area contributed by atoms with Gasteiger partial charge < -0.3 is 5.32 Å². The van der Waals surface area contributed by atoms with Gasteiger partial charge in [-0.3, -0.25) is 14.3 Å². The Morgan fingerprint density at radius 1 is 1.06 bits per heavy atom. The molecule has 32 heavy (non-hydrogen) atoms. The third kappa shape index (κ3) is 4.42. The molecule has 4 aromatic rings. The largest absolute Gasteiger partial charge is 0.348 e. The zero-order valence-corrected chi connectivity index (χ0v) is 18.9. The number of nitrogens with one attached hydrogen (secondary N) is 1. The maximum Gasteiger partial charge on any atom is 0.230 e. The van der Waals surface area contributed by atoms with E-state index in [1.54, 1.807) is 12.4 Å². The van der Waals surface area contributed by atoms with Crippen molar-refractivity contribution in [3.8, 4) is 17.1 Å². The number of aromatic nitrogens is 4. The molecule has 0 saturated heterocycles. The summed E-state index contributed by atoms with van der Waals surface area (Å²) in [5.41, 5.74) is 3.02. The molecule has 3 heterocycles. The number of hydrogen-bond acceptors (Lipinski definition) is 6. The Balaban J connectivity index is 1.35. The van der Waals surface area contributed by atoms with Crippen molar-refractivity contribution < 1.29 is 4.79 Å². The van der Waals surface area contributed by atoms with Crippen LogP contribution in [0.25, 0.3) is 17.1 Å². The van der Waals surface area contributed by atoms with E-state index in [1.165, 1.54) is 22.2 Å². The van der Waals surface area contributed by atoms with Crippen LogP contribution in [-0.2, 0) is 4.79 Å². The molecule has 0 saturated carbocycles. The Bertz CT molecular complexity index is 1210. The number of fused-ring (bicyclic) bond motifs is 1. The Morgan fingerprint density at radius 3 is 2.75 bits per heavy atom. The summed E-state index contributed by atoms with van der Waals surface area (Å²) in [6.07, 6.45) is 4.43. The van der Waals surface area contributed by atoms with E-state index in [-0.39, 0.29) is 17.7 Å². The van der Waals surface area contributed by atoms with Crippen LogP contribution in [0.5, 0.6) is 0 Å². The van der Waals surface area contributed by atoms with Crippen LogP contribution in [0.3, 0.4) is 0 Å². The maximum atomic E-state index is 12.8. The van der Waals surface area contributed by atoms with Crippen molar-refractivity contribution in [3.05, 3.63) is 84.7 Å². The van der Waals surface area contributed by atoms with Crippen LogP contribution in [0.4, 0.5) is 0 Å². The smallest absolute Gasteiger partial charge is 0.230 e. The molecule has 1 N–H and O–H groups in total. The molecule has 1 atom stereocenters. The van der Waals surface area contributed by atoms with Gasteiger partial charge in [0.05, 0.1) is 11.8 Å². The summed E-state index contributed by atoms with van der Waals surface area (Å²) >= 11 is 3.23. The molecule has 5 rings (SSSR count). The van der Waals surface area contributed by atoms with Crippen molar-refractivity contribution >= 4 is 29.4 Å². The number of rotatable bonds is 6. The fourth-order valence-corrected chi connectivity index (χ4v) is 5.60. The van der Waals surface area contributed by atoms with Gasteiger partial charge in [-0.25, -0.2) is 0 Å². The van der Waals surface area contributed by atoms with E-state index < -0.39 is 0 Å². The highest BCUT2D eigenvalue weighted by Gasteiger charge is 2.23. The SMILES string of the molecule is O=C(CSc1nnc(-c2cccnc2)n1-c1ccccc1)N[C@@H]1CCSc2ccccc21. The molecular formula is C24H21N5OS2. The van der Waals surface area contributed by atoms with Crippen molar-refractivity contribution in [2.75, 3.05) is 11.5 Å². The molecule has 2 aromatic carbocycles. The van der Waals surface area contributed by atoms with Crippen molar-refractivity contribution in [2.45, 2.75) is 22.5 Å². The highest BCUT2D eigenvalue weighted by Crippen LogP contribution is 2.36. The Kier molecular flexibility index (Phi) is 6.22. The molecule has 0 unspecified atom stereocenters. The minimum atomic E-state index is -0.00718. The van der Waals surface area contributed by atoms with Gasteiger partial charge in [0, 0.05) is 34.3 Å². The Morgan fingerprint density at radius 2 is 1.91 bits per heavy atom. The number of nitrogens with zero attached hydrogens (tertiary/aromatic N) is 4. The Labute approximate surface area is 194 Å². The van der Waals surface area contributed by atoms with Crippen molar-refractivity contribution in [1.29, 1.82) is 0 Å². The predicted octanol–water partition coefficient (Wildman–Crippen LogP) is 4.77. The van der Waals surface area contributed by atoms with E-state index in [1.807, 2.05) is 70.9 Å². The molecule has 8 heteroatoms. The fourth-order valence-electron chi connectivity index (χ4n) is 3.71. The van der Waals surface area contributed by atoms with Crippen LogP contribution < -0.4 is 5.32 Å². The first kappa shape index (κ1) is 20.8. The normalized spacial score (nSPS) is 15.2. The van der Waals surface area contributed by atoms with E-state index in [2.05, 4.69) is 32.6 Å². The lowest BCUT2D eigenvalue weighted by molar-refractivity contribution is -0.119. The third-order valence-corrected chi connectivity index (χ3v) is 7.25. The monoisotopic (exact) mass is 459 g/mol. The van der Waals surface area contributed by atoms with Crippen LogP contribution >= 0.6 is 23.5 Å². The van der Waals surface area contributed by atoms with Crippen molar-refractivity contribution in [1.82, 2.24) is 25.1 Å². The topological polar surface area (TPSA) is 72.7 Å². The quantitative estimate of drug-likeness (QED) is 0.419. The number of amides is 1. The van der Waals surface area contributed by atoms with Crippen LogP contribution in [0.1, 0.15) is 18.0 Å². The summed E-state index contributed by atoms with van der Waals surface area (Å²) in [5, 5.41) is 12.7. The lowest BCUT2D eigenvalue weighted by Crippen LogP contribution is -2.31. The highest BCUT2D eigenvalue weighted by molar-refractivity contribution is 7.99. The number of carbonyl (C=O) groups excluding carboxylic acids is 1. The van der Waals surface area contributed by atoms with Crippen LogP contribution in [0, 0.1) is 0 Å². The van der Waals surface area contributed by atoms with Gasteiger partial charge in [0.25, 0.3) is 0 Å². The number of pyridine rings is 1. The predicted molar refractivity (Wildman–Crippen MR) is 128 cm³/mol. The van der Waals surface area contributed by atoms with Gasteiger partial charge in [0.15, 0.2) is 11.0 Å². The van der Waals surface area contributed by atoms with Crippen molar-refractivity contribution in [3.63, 3.8) is 0 Å². The molecule has 0 aliphatic carbocycles. The average Bonchev–Trinajstić information content (AvgIpc) is 3.28. The number of hydrogen-bond donors (Lipinski definition) is 1. The molecule has 6 nitrogen and oxygen atoms in total. The second kappa shape index (κ2) is 9.58. The first-order valence-electron chi connectivity index (χ1n) is 10.3. The lowest BCUT2D eigenvalue weighted by Gasteiger charge is -2.25. The molecule has 1 aliphatic rings. The fraction of sp³-hybridized carbons (Fsp3) is 0.167. The highest BCUT2D eigenvalue weighted by atomic mass is 32.2. The number of benzene rings is 2. The van der Waals surface area contributed by atoms with Gasteiger partial charge in [-0.2, -0.15) is 0 Å². The zero-order valence-electron chi connectivity index (χ0n) is 17.2. The maximum absolute atomic E-state index is 12.8. The van der Waals surface area contributed by atoms with Crippen LogP contribution in [-0.4, -0.2) is 37.2 Å². The molecule has 0 radical (unpaired) electrons. The van der Waals surface area contributed by atoms with Crippen molar-refractivity contribution in [2.24, 2.45) is 0 Å². The van der Waals surface area contributed by atoms with E-state index in [0.717, 1.165) is 23.4 Å². The number of para-hydroxylation sites is 1. The van der Waals surface area contributed by atoms with Crippen LogP contribution in [0.15, 0.2) is 89.2 Å². The standard InChI is InChI=1S/C24H21N5OS2/c30-22(26-20-12-14-31-21-11-5-4-10-19(20)21)16-32-24-28-27-23(17-7-6-13-25-15-17)29(24)18-8-2-1-3-9-18/h1-11,13,15,20H,12,14,16H2,(H,26,30)/t20-/m1/s1. The van der Waals surface area contributed by atoms with E-state index in [9.17, 15) is 4.79 Å². The molecule has 2 aromatic heterocycles. The minimum absolute atomic E-state index is 0.00718. The van der Waals surface area contributed by atoms with Crippen LogP contribution in [0.2, 0.25) is 0 Å². The molecule has 0 spiro atoms. The van der Waals surface area contributed by atoms with Gasteiger partial charge in [-0.05, 0) is 42.3 Å². The van der Waals surface area contributed by atoms with Gasteiger partial charge in [0.1, 0.15) is 0 Å². The molecule has 1 aliphatic heterocycles. The van der Waals surface area contributed by atoms with Gasteiger partial charge in [0.2, 0.25) is 5.91 Å². The minimum Gasteiger partial charge on any atom is -0.348 e. The first-order valence-corrected chi connectivity index (χ1v) is 12.3. The van der Waals surface area contributed by atoms with Gasteiger partial charge >= 0.3 is 0 Å². The first-order chi connectivity index (χ1) is 15.8. The number of carbonyl (C=O) groups is 1. The summed E-state index contributed by atoms with van der Waals surface area (Å²) in [6.45, 7) is 0. The lowest BCUT2D eigenvalue weighted by atomic mass is 10.0. The van der Waals surface area contributed by atoms with Gasteiger partial charge in [-0.1, -0.05) is 48.2 Å². The number of thioether (sulfide) groups is 2. The molecule has 0 fully saturated rings. The summed E-state index contributed by atoms with van der Waals surface area (Å²) < 4.78 is 1.97. The van der Waals surface area contributed by atoms with E-state index in [0.29, 0.717) is 11.0 Å². The molecule has 1 amide bonds. The molecule has 160 valence electrons. The average molecular weight is 460 g/mol.